The third-order valence-corrected chi connectivity index (χ3v) is 4.45. The lowest BCUT2D eigenvalue weighted by molar-refractivity contribution is -0.384. The minimum atomic E-state index is -0.807. The zero-order valence-electron chi connectivity index (χ0n) is 17.0. The topological polar surface area (TPSA) is 194 Å². The van der Waals surface area contributed by atoms with Gasteiger partial charge in [-0.05, 0) is 23.8 Å². The van der Waals surface area contributed by atoms with E-state index in [1.807, 2.05) is 0 Å². The molecule has 0 fully saturated rings. The van der Waals surface area contributed by atoms with Crippen LogP contribution < -0.4 is 21.7 Å². The molecule has 0 spiro atoms. The second-order valence-corrected chi connectivity index (χ2v) is 6.98. The van der Waals surface area contributed by atoms with Gasteiger partial charge in [-0.1, -0.05) is 29.8 Å². The summed E-state index contributed by atoms with van der Waals surface area (Å²) in [5.41, 5.74) is 9.13. The number of hydrogen-bond donors (Lipinski definition) is 4. The Balaban J connectivity index is 1.66. The summed E-state index contributed by atoms with van der Waals surface area (Å²) >= 11 is 5.84. The predicted octanol–water partition coefficient (Wildman–Crippen LogP) is 2.39. The fraction of sp³-hybridized carbons (Fsp3) is 0.0526. The molecule has 3 aromatic rings. The molecule has 0 saturated carbocycles. The van der Waals surface area contributed by atoms with Crippen LogP contribution in [0.1, 0.15) is 15.9 Å². The van der Waals surface area contributed by atoms with Crippen molar-refractivity contribution in [2.75, 3.05) is 10.9 Å². The number of nitrogens with zero attached hydrogens (tertiary/aromatic N) is 4. The van der Waals surface area contributed by atoms with Gasteiger partial charge < -0.3 is 0 Å². The van der Waals surface area contributed by atoms with Gasteiger partial charge in [0, 0.05) is 22.7 Å². The summed E-state index contributed by atoms with van der Waals surface area (Å²) in [6.45, 7) is 0. The molecule has 34 heavy (non-hydrogen) atoms. The van der Waals surface area contributed by atoms with Gasteiger partial charge in [0.15, 0.2) is 0 Å². The Morgan fingerprint density at radius 1 is 0.912 bits per heavy atom. The van der Waals surface area contributed by atoms with Crippen molar-refractivity contribution in [1.82, 2.24) is 20.8 Å². The van der Waals surface area contributed by atoms with E-state index in [-0.39, 0.29) is 29.3 Å². The molecule has 0 radical (unpaired) electrons. The van der Waals surface area contributed by atoms with Crippen molar-refractivity contribution in [2.45, 2.75) is 6.42 Å². The van der Waals surface area contributed by atoms with Crippen LogP contribution in [0.3, 0.4) is 0 Å². The quantitative estimate of drug-likeness (QED) is 0.257. The molecule has 15 heteroatoms. The van der Waals surface area contributed by atoms with E-state index in [1.54, 1.807) is 12.1 Å². The summed E-state index contributed by atoms with van der Waals surface area (Å²) in [7, 11) is 0. The first-order valence-electron chi connectivity index (χ1n) is 9.34. The van der Waals surface area contributed by atoms with Crippen LogP contribution in [0.2, 0.25) is 5.02 Å². The Morgan fingerprint density at radius 2 is 1.56 bits per heavy atom. The number of benzene rings is 2. The number of amides is 2. The van der Waals surface area contributed by atoms with Crippen LogP contribution >= 0.6 is 11.6 Å². The number of rotatable bonds is 9. The van der Waals surface area contributed by atoms with Crippen LogP contribution in [0.25, 0.3) is 0 Å². The number of nitrogens with one attached hydrogen (secondary N) is 4. The van der Waals surface area contributed by atoms with Gasteiger partial charge in [-0.2, -0.15) is 0 Å². The molecule has 0 aliphatic rings. The van der Waals surface area contributed by atoms with Gasteiger partial charge in [0.2, 0.25) is 17.5 Å². The number of hydrogen-bond acceptors (Lipinski definition) is 10. The third-order valence-electron chi connectivity index (χ3n) is 4.22. The fourth-order valence-electron chi connectivity index (χ4n) is 2.65. The number of non-ortho nitro benzene ring substituents is 1. The summed E-state index contributed by atoms with van der Waals surface area (Å²) in [4.78, 5) is 52.8. The fourth-order valence-corrected chi connectivity index (χ4v) is 2.84. The largest absolute Gasteiger partial charge is 0.356 e. The van der Waals surface area contributed by atoms with Gasteiger partial charge in [-0.25, -0.2) is 9.97 Å². The highest BCUT2D eigenvalue weighted by atomic mass is 35.5. The molecular formula is C19H15ClN8O6. The molecule has 0 aliphatic heterocycles. The number of anilines is 2. The van der Waals surface area contributed by atoms with Crippen molar-refractivity contribution >= 4 is 46.4 Å². The SMILES string of the molecule is O=C(Cc1ccc([N+](=O)[O-])cc1)NNc1ncnc(NNC(=O)c2cccc(Cl)c2)c1[N+](=O)[O-]. The van der Waals surface area contributed by atoms with E-state index in [0.29, 0.717) is 10.6 Å². The van der Waals surface area contributed by atoms with Crippen LogP contribution in [0.15, 0.2) is 54.9 Å². The van der Waals surface area contributed by atoms with E-state index < -0.39 is 27.3 Å². The Bertz CT molecular complexity index is 1250. The molecule has 0 aliphatic carbocycles. The van der Waals surface area contributed by atoms with Crippen molar-refractivity contribution in [1.29, 1.82) is 0 Å². The van der Waals surface area contributed by atoms with E-state index in [0.717, 1.165) is 6.33 Å². The maximum Gasteiger partial charge on any atom is 0.356 e. The number of nitro groups is 2. The van der Waals surface area contributed by atoms with E-state index in [9.17, 15) is 29.8 Å². The number of nitro benzene ring substituents is 1. The van der Waals surface area contributed by atoms with Crippen LogP contribution in [-0.4, -0.2) is 31.6 Å². The van der Waals surface area contributed by atoms with Gasteiger partial charge in [0.25, 0.3) is 11.6 Å². The lowest BCUT2D eigenvalue weighted by Crippen LogP contribution is -2.32. The van der Waals surface area contributed by atoms with E-state index >= 15 is 0 Å². The highest BCUT2D eigenvalue weighted by Crippen LogP contribution is 2.27. The lowest BCUT2D eigenvalue weighted by atomic mass is 10.1. The molecule has 2 aromatic carbocycles. The molecule has 1 aromatic heterocycles. The van der Waals surface area contributed by atoms with Crippen molar-refractivity contribution in [2.24, 2.45) is 0 Å². The highest BCUT2D eigenvalue weighted by Gasteiger charge is 2.24. The van der Waals surface area contributed by atoms with Crippen molar-refractivity contribution in [3.05, 3.63) is 91.2 Å². The van der Waals surface area contributed by atoms with Gasteiger partial charge in [-0.15, -0.1) is 0 Å². The minimum absolute atomic E-state index is 0.124. The number of halogens is 1. The lowest BCUT2D eigenvalue weighted by Gasteiger charge is -2.11. The first-order chi connectivity index (χ1) is 16.2. The second-order valence-electron chi connectivity index (χ2n) is 6.54. The molecule has 0 unspecified atom stereocenters. The molecule has 1 heterocycles. The molecule has 14 nitrogen and oxygen atoms in total. The summed E-state index contributed by atoms with van der Waals surface area (Å²) < 4.78 is 0. The van der Waals surface area contributed by atoms with Gasteiger partial charge in [0.1, 0.15) is 6.33 Å². The van der Waals surface area contributed by atoms with Crippen LogP contribution in [0, 0.1) is 20.2 Å². The minimum Gasteiger partial charge on any atom is -0.276 e. The maximum absolute atomic E-state index is 12.2. The van der Waals surface area contributed by atoms with Crippen molar-refractivity contribution in [3.8, 4) is 0 Å². The molecular weight excluding hydrogens is 472 g/mol. The standard InChI is InChI=1S/C19H15ClN8O6/c20-13-3-1-2-12(9-13)19(30)26-25-18-16(28(33)34)17(21-10-22-18)24-23-15(29)8-11-4-6-14(7-5-11)27(31)32/h1-7,9-10H,8H2,(H,23,29)(H,26,30)(H2,21,22,24,25). The first-order valence-corrected chi connectivity index (χ1v) is 9.72. The number of aromatic nitrogens is 2. The molecule has 0 atom stereocenters. The van der Waals surface area contributed by atoms with Gasteiger partial charge in [-0.3, -0.25) is 51.5 Å². The molecule has 0 bridgehead atoms. The summed E-state index contributed by atoms with van der Waals surface area (Å²) in [5, 5.41) is 22.6. The molecule has 3 rings (SSSR count). The van der Waals surface area contributed by atoms with Gasteiger partial charge >= 0.3 is 5.69 Å². The predicted molar refractivity (Wildman–Crippen MR) is 120 cm³/mol. The summed E-state index contributed by atoms with van der Waals surface area (Å²) in [5.74, 6) is -1.91. The Labute approximate surface area is 195 Å². The number of carbonyl (C=O) groups excluding carboxylic acids is 2. The molecule has 4 N–H and O–H groups in total. The molecule has 174 valence electrons. The summed E-state index contributed by atoms with van der Waals surface area (Å²) in [6, 6.07) is 11.4. The van der Waals surface area contributed by atoms with Crippen LogP contribution in [-0.2, 0) is 11.2 Å². The monoisotopic (exact) mass is 486 g/mol. The normalized spacial score (nSPS) is 10.1. The smallest absolute Gasteiger partial charge is 0.276 e. The number of carbonyl (C=O) groups is 2. The second kappa shape index (κ2) is 10.6. The van der Waals surface area contributed by atoms with Crippen molar-refractivity contribution in [3.63, 3.8) is 0 Å². The highest BCUT2D eigenvalue weighted by molar-refractivity contribution is 6.30. The van der Waals surface area contributed by atoms with E-state index in [4.69, 9.17) is 11.6 Å². The first kappa shape index (κ1) is 23.8. The van der Waals surface area contributed by atoms with Crippen LogP contribution in [0.5, 0.6) is 0 Å². The average Bonchev–Trinajstić information content (AvgIpc) is 2.81. The summed E-state index contributed by atoms with van der Waals surface area (Å²) in [6.07, 6.45) is 0.816. The maximum atomic E-state index is 12.2. The Kier molecular flexibility index (Phi) is 7.45. The van der Waals surface area contributed by atoms with Crippen LogP contribution in [0.4, 0.5) is 23.0 Å². The van der Waals surface area contributed by atoms with E-state index in [2.05, 4.69) is 31.7 Å². The van der Waals surface area contributed by atoms with Crippen molar-refractivity contribution < 1.29 is 19.4 Å². The van der Waals surface area contributed by atoms with Gasteiger partial charge in [0.05, 0.1) is 16.3 Å². The number of hydrazine groups is 2. The molecule has 2 amide bonds. The Morgan fingerprint density at radius 3 is 2.15 bits per heavy atom. The zero-order chi connectivity index (χ0) is 24.7. The van der Waals surface area contributed by atoms with E-state index in [1.165, 1.54) is 36.4 Å². The average molecular weight is 487 g/mol. The third kappa shape index (κ3) is 6.10. The zero-order valence-corrected chi connectivity index (χ0v) is 17.8. The Hall–Kier alpha value is -4.85. The molecule has 0 saturated heterocycles.